The van der Waals surface area contributed by atoms with Gasteiger partial charge in [0, 0.05) is 12.5 Å². The molecular formula is C7H8Cl2O2. The van der Waals surface area contributed by atoms with Gasteiger partial charge < -0.3 is 4.74 Å². The molecule has 0 aromatic carbocycles. The minimum absolute atomic E-state index is 0.0343. The van der Waals surface area contributed by atoms with Gasteiger partial charge in [-0.1, -0.05) is 23.2 Å². The van der Waals surface area contributed by atoms with Crippen LogP contribution in [-0.2, 0) is 9.53 Å². The maximum atomic E-state index is 11.1. The fraction of sp³-hybridized carbons (Fsp3) is 0.857. The molecule has 0 spiro atoms. The molecule has 1 saturated carbocycles. The van der Waals surface area contributed by atoms with Crippen molar-refractivity contribution in [1.82, 2.24) is 0 Å². The monoisotopic (exact) mass is 194 g/mol. The summed E-state index contributed by atoms with van der Waals surface area (Å²) in [5, 5.41) is 0. The average Bonchev–Trinajstić information content (AvgIpc) is 2.04. The van der Waals surface area contributed by atoms with Gasteiger partial charge in [-0.3, -0.25) is 4.79 Å². The van der Waals surface area contributed by atoms with Crippen molar-refractivity contribution in [3.05, 3.63) is 0 Å². The van der Waals surface area contributed by atoms with Crippen LogP contribution in [0.5, 0.6) is 0 Å². The van der Waals surface area contributed by atoms with E-state index < -0.39 is 4.33 Å². The Morgan fingerprint density at radius 2 is 2.27 bits per heavy atom. The Bertz CT molecular complexity index is 203. The van der Waals surface area contributed by atoms with Crippen LogP contribution in [0, 0.1) is 5.92 Å². The third-order valence-corrected chi connectivity index (χ3v) is 3.31. The second-order valence-corrected chi connectivity index (χ2v) is 4.41. The molecule has 0 aromatic rings. The number of carbonyl (C=O) groups excluding carboxylic acids is 1. The zero-order valence-electron chi connectivity index (χ0n) is 5.85. The fourth-order valence-corrected chi connectivity index (χ4v) is 2.35. The lowest BCUT2D eigenvalue weighted by Gasteiger charge is -2.47. The highest BCUT2D eigenvalue weighted by Gasteiger charge is 2.61. The van der Waals surface area contributed by atoms with Gasteiger partial charge in [0.2, 0.25) is 0 Å². The molecule has 0 aromatic heterocycles. The molecular weight excluding hydrogens is 187 g/mol. The zero-order valence-corrected chi connectivity index (χ0v) is 7.36. The first-order valence-electron chi connectivity index (χ1n) is 3.68. The predicted octanol–water partition coefficient (Wildman–Crippen LogP) is 1.54. The molecule has 2 nitrogen and oxygen atoms in total. The first-order valence-corrected chi connectivity index (χ1v) is 4.43. The van der Waals surface area contributed by atoms with E-state index in [2.05, 4.69) is 0 Å². The lowest BCUT2D eigenvalue weighted by Crippen LogP contribution is -2.62. The SMILES string of the molecule is O=C1[C@H]2OCCC[C@@H]2C1(Cl)Cl. The molecule has 2 aliphatic rings. The molecule has 0 bridgehead atoms. The molecule has 0 amide bonds. The van der Waals surface area contributed by atoms with Crippen LogP contribution in [0.4, 0.5) is 0 Å². The van der Waals surface area contributed by atoms with E-state index in [1.807, 2.05) is 0 Å². The van der Waals surface area contributed by atoms with Gasteiger partial charge in [0.05, 0.1) is 0 Å². The number of Topliss-reactive ketones (excluding diaryl/α,β-unsaturated/α-hetero) is 1. The zero-order chi connectivity index (χ0) is 8.06. The number of halogens is 2. The summed E-state index contributed by atoms with van der Waals surface area (Å²) in [5.41, 5.74) is 0. The Balaban J connectivity index is 2.15. The summed E-state index contributed by atoms with van der Waals surface area (Å²) >= 11 is 11.5. The fourth-order valence-electron chi connectivity index (χ4n) is 1.69. The first-order chi connectivity index (χ1) is 5.14. The van der Waals surface area contributed by atoms with E-state index in [1.54, 1.807) is 0 Å². The number of alkyl halides is 2. The van der Waals surface area contributed by atoms with Crippen LogP contribution in [0.2, 0.25) is 0 Å². The van der Waals surface area contributed by atoms with Gasteiger partial charge in [0.15, 0.2) is 10.1 Å². The summed E-state index contributed by atoms with van der Waals surface area (Å²) in [4.78, 5) is 11.1. The van der Waals surface area contributed by atoms with Gasteiger partial charge >= 0.3 is 0 Å². The van der Waals surface area contributed by atoms with Crippen molar-refractivity contribution >= 4 is 29.0 Å². The lowest BCUT2D eigenvalue weighted by atomic mass is 9.75. The van der Waals surface area contributed by atoms with Crippen molar-refractivity contribution in [3.8, 4) is 0 Å². The third-order valence-electron chi connectivity index (χ3n) is 2.37. The number of hydrogen-bond acceptors (Lipinski definition) is 2. The molecule has 1 heterocycles. The van der Waals surface area contributed by atoms with Crippen molar-refractivity contribution in [2.75, 3.05) is 6.61 Å². The average molecular weight is 195 g/mol. The van der Waals surface area contributed by atoms with Crippen molar-refractivity contribution in [2.24, 2.45) is 5.92 Å². The summed E-state index contributed by atoms with van der Waals surface area (Å²) < 4.78 is 4.06. The minimum atomic E-state index is -1.15. The molecule has 1 aliphatic heterocycles. The van der Waals surface area contributed by atoms with Gasteiger partial charge in [-0.15, -0.1) is 0 Å². The molecule has 2 fully saturated rings. The number of rotatable bonds is 0. The minimum Gasteiger partial charge on any atom is -0.370 e. The van der Waals surface area contributed by atoms with Crippen LogP contribution < -0.4 is 0 Å². The maximum absolute atomic E-state index is 11.1. The molecule has 0 unspecified atom stereocenters. The van der Waals surface area contributed by atoms with Gasteiger partial charge in [0.1, 0.15) is 6.10 Å². The Kier molecular flexibility index (Phi) is 1.67. The van der Waals surface area contributed by atoms with E-state index in [0.29, 0.717) is 6.61 Å². The largest absolute Gasteiger partial charge is 0.370 e. The number of hydrogen-bond donors (Lipinski definition) is 0. The van der Waals surface area contributed by atoms with E-state index in [4.69, 9.17) is 27.9 Å². The standard InChI is InChI=1S/C7H8Cl2O2/c8-7(9)4-2-1-3-11-5(4)6(7)10/h4-5H,1-3H2/t4-,5-/m0/s1. The number of ketones is 1. The Morgan fingerprint density at radius 1 is 1.55 bits per heavy atom. The summed E-state index contributed by atoms with van der Waals surface area (Å²) in [6.07, 6.45) is 1.55. The van der Waals surface area contributed by atoms with Crippen LogP contribution in [0.15, 0.2) is 0 Å². The van der Waals surface area contributed by atoms with Crippen LogP contribution >= 0.6 is 23.2 Å². The molecule has 0 radical (unpaired) electrons. The molecule has 0 N–H and O–H groups in total. The molecule has 62 valence electrons. The predicted molar refractivity (Wildman–Crippen MR) is 41.9 cm³/mol. The van der Waals surface area contributed by atoms with Crippen molar-refractivity contribution in [1.29, 1.82) is 0 Å². The van der Waals surface area contributed by atoms with Crippen LogP contribution in [0.1, 0.15) is 12.8 Å². The van der Waals surface area contributed by atoms with Gasteiger partial charge in [-0.2, -0.15) is 0 Å². The van der Waals surface area contributed by atoms with E-state index >= 15 is 0 Å². The first kappa shape index (κ1) is 7.84. The highest BCUT2D eigenvalue weighted by molar-refractivity contribution is 6.61. The smallest absolute Gasteiger partial charge is 0.198 e. The molecule has 2 rings (SSSR count). The third kappa shape index (κ3) is 0.930. The number of fused-ring (bicyclic) bond motifs is 1. The van der Waals surface area contributed by atoms with Gasteiger partial charge in [-0.25, -0.2) is 0 Å². The Morgan fingerprint density at radius 3 is 2.91 bits per heavy atom. The summed E-state index contributed by atoms with van der Waals surface area (Å²) in [7, 11) is 0. The number of carbonyl (C=O) groups is 1. The molecule has 2 atom stereocenters. The normalized spacial score (nSPS) is 41.1. The van der Waals surface area contributed by atoms with E-state index in [1.165, 1.54) is 0 Å². The van der Waals surface area contributed by atoms with E-state index in [9.17, 15) is 4.79 Å². The van der Waals surface area contributed by atoms with Crippen molar-refractivity contribution in [2.45, 2.75) is 23.3 Å². The lowest BCUT2D eigenvalue weighted by molar-refractivity contribution is -0.157. The van der Waals surface area contributed by atoms with Crippen molar-refractivity contribution < 1.29 is 9.53 Å². The van der Waals surface area contributed by atoms with E-state index in [0.717, 1.165) is 12.8 Å². The summed E-state index contributed by atoms with van der Waals surface area (Å²) in [5.74, 6) is -0.127. The van der Waals surface area contributed by atoms with Crippen LogP contribution in [0.25, 0.3) is 0 Å². The second kappa shape index (κ2) is 2.35. The van der Waals surface area contributed by atoms with Gasteiger partial charge in [-0.05, 0) is 12.8 Å². The van der Waals surface area contributed by atoms with Crippen molar-refractivity contribution in [3.63, 3.8) is 0 Å². The molecule has 1 saturated heterocycles. The number of ether oxygens (including phenoxy) is 1. The highest BCUT2D eigenvalue weighted by Crippen LogP contribution is 2.50. The van der Waals surface area contributed by atoms with Crippen LogP contribution in [-0.4, -0.2) is 22.8 Å². The van der Waals surface area contributed by atoms with Crippen LogP contribution in [0.3, 0.4) is 0 Å². The van der Waals surface area contributed by atoms with Gasteiger partial charge in [0.25, 0.3) is 0 Å². The Hall–Kier alpha value is 0.210. The quantitative estimate of drug-likeness (QED) is 0.548. The molecule has 4 heteroatoms. The Labute approximate surface area is 74.8 Å². The summed E-state index contributed by atoms with van der Waals surface area (Å²) in [6, 6.07) is 0. The molecule has 11 heavy (non-hydrogen) atoms. The summed E-state index contributed by atoms with van der Waals surface area (Å²) in [6.45, 7) is 0.663. The van der Waals surface area contributed by atoms with E-state index in [-0.39, 0.29) is 17.8 Å². The maximum Gasteiger partial charge on any atom is 0.198 e. The highest BCUT2D eigenvalue weighted by atomic mass is 35.5. The molecule has 1 aliphatic carbocycles. The second-order valence-electron chi connectivity index (χ2n) is 3.03. The topological polar surface area (TPSA) is 26.3 Å².